The maximum Gasteiger partial charge on any atom is 0.262 e. The second-order valence-corrected chi connectivity index (χ2v) is 12.8. The van der Waals surface area contributed by atoms with E-state index in [1.54, 1.807) is 24.3 Å². The van der Waals surface area contributed by atoms with Gasteiger partial charge >= 0.3 is 0 Å². The van der Waals surface area contributed by atoms with Crippen LogP contribution in [0.2, 0.25) is 0 Å². The minimum absolute atomic E-state index is 0.101. The maximum atomic E-state index is 13.6. The van der Waals surface area contributed by atoms with E-state index in [9.17, 15) is 23.6 Å². The Kier molecular flexibility index (Phi) is 7.57. The molecule has 0 radical (unpaired) electrons. The van der Waals surface area contributed by atoms with Crippen molar-refractivity contribution in [2.24, 2.45) is 5.41 Å². The zero-order valence-corrected chi connectivity index (χ0v) is 24.2. The van der Waals surface area contributed by atoms with E-state index in [0.717, 1.165) is 68.0 Å². The molecule has 1 atom stereocenters. The highest BCUT2D eigenvalue weighted by atomic mass is 19.1. The molecule has 0 saturated carbocycles. The molecule has 0 bridgehead atoms. The molecule has 42 heavy (non-hydrogen) atoms. The molecule has 2 fully saturated rings. The van der Waals surface area contributed by atoms with Crippen LogP contribution in [0.1, 0.15) is 77.8 Å². The number of benzene rings is 2. The molecule has 1 unspecified atom stereocenters. The summed E-state index contributed by atoms with van der Waals surface area (Å²) in [5, 5.41) is 2.23. The zero-order valence-electron chi connectivity index (χ0n) is 24.2. The van der Waals surface area contributed by atoms with Gasteiger partial charge in [-0.05, 0) is 72.1 Å². The number of carbonyl (C=O) groups excluding carboxylic acids is 4. The van der Waals surface area contributed by atoms with Gasteiger partial charge in [0.25, 0.3) is 11.8 Å². The molecule has 1 aliphatic carbocycles. The largest absolute Gasteiger partial charge is 0.297 e. The second kappa shape index (κ2) is 11.2. The quantitative estimate of drug-likeness (QED) is 0.527. The Morgan fingerprint density at radius 2 is 1.52 bits per heavy atom. The average molecular weight is 573 g/mol. The van der Waals surface area contributed by atoms with Gasteiger partial charge < -0.3 is 0 Å². The van der Waals surface area contributed by atoms with Gasteiger partial charge in [-0.1, -0.05) is 37.6 Å². The Balaban J connectivity index is 1.09. The lowest BCUT2D eigenvalue weighted by atomic mass is 9.72. The average Bonchev–Trinajstić information content (AvgIpc) is 3.20. The molecule has 4 aliphatic rings. The normalized spacial score (nSPS) is 23.4. The molecular weight excluding hydrogens is 535 g/mol. The van der Waals surface area contributed by atoms with E-state index in [1.165, 1.54) is 11.1 Å². The van der Waals surface area contributed by atoms with Crippen LogP contribution in [0.25, 0.3) is 5.57 Å². The number of hydrogen-bond donors (Lipinski definition) is 1. The molecule has 2 aromatic carbocycles. The van der Waals surface area contributed by atoms with Crippen molar-refractivity contribution >= 4 is 29.2 Å². The number of halogens is 1. The van der Waals surface area contributed by atoms with Crippen molar-refractivity contribution in [3.63, 3.8) is 0 Å². The number of nitrogens with zero attached hydrogens (tertiary/aromatic N) is 3. The van der Waals surface area contributed by atoms with Crippen LogP contribution in [0.5, 0.6) is 0 Å². The highest BCUT2D eigenvalue weighted by Crippen LogP contribution is 2.43. The van der Waals surface area contributed by atoms with E-state index >= 15 is 0 Å². The minimum atomic E-state index is -0.958. The van der Waals surface area contributed by atoms with Gasteiger partial charge in [-0.25, -0.2) is 4.39 Å². The third kappa shape index (κ3) is 5.68. The van der Waals surface area contributed by atoms with Crippen LogP contribution >= 0.6 is 0 Å². The monoisotopic (exact) mass is 572 g/mol. The van der Waals surface area contributed by atoms with Crippen molar-refractivity contribution in [2.45, 2.75) is 58.5 Å². The van der Waals surface area contributed by atoms with Gasteiger partial charge in [0.2, 0.25) is 11.8 Å². The number of carbonyl (C=O) groups is 4. The van der Waals surface area contributed by atoms with E-state index in [4.69, 9.17) is 0 Å². The lowest BCUT2D eigenvalue weighted by molar-refractivity contribution is -0.136. The van der Waals surface area contributed by atoms with Crippen LogP contribution < -0.4 is 5.32 Å². The molecule has 3 aliphatic heterocycles. The highest BCUT2D eigenvalue weighted by molar-refractivity contribution is 6.23. The summed E-state index contributed by atoms with van der Waals surface area (Å²) in [5.41, 5.74) is 5.74. The number of amides is 4. The van der Waals surface area contributed by atoms with Gasteiger partial charge in [0.05, 0.1) is 11.1 Å². The predicted octanol–water partition coefficient (Wildman–Crippen LogP) is 4.01. The van der Waals surface area contributed by atoms with Crippen molar-refractivity contribution in [1.29, 1.82) is 0 Å². The Morgan fingerprint density at radius 3 is 2.21 bits per heavy atom. The molecule has 6 rings (SSSR count). The van der Waals surface area contributed by atoms with E-state index < -0.39 is 23.8 Å². The lowest BCUT2D eigenvalue weighted by Crippen LogP contribution is -2.54. The first kappa shape index (κ1) is 28.4. The van der Waals surface area contributed by atoms with Crippen molar-refractivity contribution in [1.82, 2.24) is 20.0 Å². The fraction of sp³-hybridized carbons (Fsp3) is 0.455. The maximum absolute atomic E-state index is 13.6. The number of piperidine rings is 1. The lowest BCUT2D eigenvalue weighted by Gasteiger charge is -2.38. The number of allylic oxidation sites excluding steroid dienone is 1. The Bertz CT molecular complexity index is 1470. The number of imide groups is 2. The number of hydrogen-bond acceptors (Lipinski definition) is 6. The number of piperazine rings is 1. The Labute approximate surface area is 245 Å². The molecule has 9 heteroatoms. The molecule has 0 spiro atoms. The van der Waals surface area contributed by atoms with Crippen molar-refractivity contribution < 1.29 is 23.6 Å². The summed E-state index contributed by atoms with van der Waals surface area (Å²) >= 11 is 0. The molecular formula is C33H37FN4O4. The fourth-order valence-corrected chi connectivity index (χ4v) is 6.71. The molecule has 220 valence electrons. The first-order valence-corrected chi connectivity index (χ1v) is 14.8. The summed E-state index contributed by atoms with van der Waals surface area (Å²) in [6.45, 7) is 9.82. The SMILES string of the molecule is CC1(C)CCC(CN2CCN(Cc3ccc4c(c3)C(=O)N(C3CCC(=O)NC3=O)C4=O)CC2)=C(c2ccc(F)cc2)C1. The van der Waals surface area contributed by atoms with Gasteiger partial charge in [-0.15, -0.1) is 0 Å². The van der Waals surface area contributed by atoms with E-state index in [1.807, 2.05) is 18.2 Å². The van der Waals surface area contributed by atoms with Crippen molar-refractivity contribution in [3.05, 3.63) is 76.1 Å². The highest BCUT2D eigenvalue weighted by Gasteiger charge is 2.44. The molecule has 1 N–H and O–H groups in total. The van der Waals surface area contributed by atoms with Crippen LogP contribution in [0.15, 0.2) is 48.0 Å². The Morgan fingerprint density at radius 1 is 0.857 bits per heavy atom. The molecule has 3 heterocycles. The van der Waals surface area contributed by atoms with Crippen LogP contribution in [0.4, 0.5) is 4.39 Å². The second-order valence-electron chi connectivity index (χ2n) is 12.8. The van der Waals surface area contributed by atoms with Gasteiger partial charge in [-0.3, -0.25) is 39.2 Å². The molecule has 8 nitrogen and oxygen atoms in total. The molecule has 4 amide bonds. The smallest absolute Gasteiger partial charge is 0.262 e. The third-order valence-electron chi connectivity index (χ3n) is 9.17. The van der Waals surface area contributed by atoms with E-state index in [-0.39, 0.29) is 30.0 Å². The number of fused-ring (bicyclic) bond motifs is 1. The van der Waals surface area contributed by atoms with Crippen LogP contribution in [-0.2, 0) is 16.1 Å². The third-order valence-corrected chi connectivity index (χ3v) is 9.17. The van der Waals surface area contributed by atoms with Crippen LogP contribution in [-0.4, -0.2) is 77.1 Å². The van der Waals surface area contributed by atoms with Gasteiger partial charge in [-0.2, -0.15) is 0 Å². The topological polar surface area (TPSA) is 90.0 Å². The number of rotatable bonds is 6. The number of nitrogens with one attached hydrogen (secondary N) is 1. The summed E-state index contributed by atoms with van der Waals surface area (Å²) in [5.74, 6) is -2.15. The predicted molar refractivity (Wildman–Crippen MR) is 156 cm³/mol. The minimum Gasteiger partial charge on any atom is -0.297 e. The zero-order chi connectivity index (χ0) is 29.6. The first-order chi connectivity index (χ1) is 20.1. The molecule has 2 saturated heterocycles. The van der Waals surface area contributed by atoms with Gasteiger partial charge in [0.1, 0.15) is 11.9 Å². The molecule has 0 aromatic heterocycles. The summed E-state index contributed by atoms with van der Waals surface area (Å²) in [4.78, 5) is 55.9. The van der Waals surface area contributed by atoms with Crippen molar-refractivity contribution in [2.75, 3.05) is 32.7 Å². The summed E-state index contributed by atoms with van der Waals surface area (Å²) < 4.78 is 13.6. The standard InChI is InChI=1S/C33H37FN4O4/c1-33(2)12-11-23(27(18-33)22-4-6-24(34)7-5-22)20-37-15-13-36(14-16-37)19-21-3-8-25-26(17-21)32(42)38(31(25)41)28-9-10-29(39)35-30(28)40/h3-8,17,28H,9-16,18-20H2,1-2H3,(H,35,39,40). The molecule has 2 aromatic rings. The van der Waals surface area contributed by atoms with Gasteiger partial charge in [0.15, 0.2) is 0 Å². The summed E-state index contributed by atoms with van der Waals surface area (Å²) in [7, 11) is 0. The summed E-state index contributed by atoms with van der Waals surface area (Å²) in [6.07, 6.45) is 3.44. The van der Waals surface area contributed by atoms with E-state index in [2.05, 4.69) is 29.0 Å². The first-order valence-electron chi connectivity index (χ1n) is 14.8. The van der Waals surface area contributed by atoms with E-state index in [0.29, 0.717) is 17.7 Å². The fourth-order valence-electron chi connectivity index (χ4n) is 6.71. The van der Waals surface area contributed by atoms with Gasteiger partial charge in [0, 0.05) is 45.7 Å². The van der Waals surface area contributed by atoms with Crippen LogP contribution in [0, 0.1) is 11.2 Å². The Hall–Kier alpha value is -3.69. The van der Waals surface area contributed by atoms with Crippen molar-refractivity contribution in [3.8, 4) is 0 Å². The van der Waals surface area contributed by atoms with Crippen LogP contribution in [0.3, 0.4) is 0 Å². The summed E-state index contributed by atoms with van der Waals surface area (Å²) in [6, 6.07) is 11.3.